The highest BCUT2D eigenvalue weighted by Gasteiger charge is 2.32. The zero-order valence-corrected chi connectivity index (χ0v) is 14.8. The van der Waals surface area contributed by atoms with Crippen molar-refractivity contribution >= 4 is 5.91 Å². The summed E-state index contributed by atoms with van der Waals surface area (Å²) in [7, 11) is 0. The molecule has 2 aromatic heterocycles. The Morgan fingerprint density at radius 2 is 2.04 bits per heavy atom. The molecule has 0 saturated carbocycles. The molecule has 1 fully saturated rings. The molecule has 5 nitrogen and oxygen atoms in total. The van der Waals surface area contributed by atoms with Crippen molar-refractivity contribution in [2.45, 2.75) is 25.3 Å². The Hall–Kier alpha value is -3.15. The minimum absolute atomic E-state index is 0.0972. The van der Waals surface area contributed by atoms with E-state index in [1.807, 2.05) is 24.3 Å². The van der Waals surface area contributed by atoms with Gasteiger partial charge in [-0.15, -0.1) is 0 Å². The molecule has 136 valence electrons. The van der Waals surface area contributed by atoms with E-state index >= 15 is 0 Å². The van der Waals surface area contributed by atoms with Crippen molar-refractivity contribution in [2.24, 2.45) is 0 Å². The fraction of sp³-hybridized carbons (Fsp3) is 0.238. The number of amides is 1. The molecular weight excluding hydrogens is 343 g/mol. The molecule has 1 aliphatic heterocycles. The molecule has 6 heteroatoms. The van der Waals surface area contributed by atoms with E-state index in [-0.39, 0.29) is 17.8 Å². The summed E-state index contributed by atoms with van der Waals surface area (Å²) in [6, 6.07) is 12.4. The summed E-state index contributed by atoms with van der Waals surface area (Å²) in [5, 5.41) is 0. The Morgan fingerprint density at radius 1 is 1.15 bits per heavy atom. The number of carbonyl (C=O) groups is 1. The molecule has 27 heavy (non-hydrogen) atoms. The lowest BCUT2D eigenvalue weighted by atomic mass is 10.1. The van der Waals surface area contributed by atoms with Crippen molar-refractivity contribution < 1.29 is 9.18 Å². The van der Waals surface area contributed by atoms with Gasteiger partial charge in [0, 0.05) is 31.1 Å². The minimum Gasteiger partial charge on any atom is -0.329 e. The van der Waals surface area contributed by atoms with Gasteiger partial charge in [-0.05, 0) is 36.6 Å². The predicted octanol–water partition coefficient (Wildman–Crippen LogP) is 3.58. The van der Waals surface area contributed by atoms with Crippen LogP contribution in [0, 0.1) is 5.82 Å². The lowest BCUT2D eigenvalue weighted by molar-refractivity contribution is 0.0726. The van der Waals surface area contributed by atoms with Crippen molar-refractivity contribution in [2.75, 3.05) is 6.54 Å². The maximum Gasteiger partial charge on any atom is 0.274 e. The van der Waals surface area contributed by atoms with Crippen LogP contribution >= 0.6 is 0 Å². The quantitative estimate of drug-likeness (QED) is 0.712. The lowest BCUT2D eigenvalue weighted by Gasteiger charge is -2.24. The molecule has 1 aromatic carbocycles. The average molecular weight is 362 g/mol. The zero-order valence-electron chi connectivity index (χ0n) is 14.8. The fourth-order valence-corrected chi connectivity index (χ4v) is 3.49. The number of halogens is 1. The largest absolute Gasteiger partial charge is 0.329 e. The first-order valence-corrected chi connectivity index (χ1v) is 8.98. The van der Waals surface area contributed by atoms with Gasteiger partial charge in [-0.2, -0.15) is 0 Å². The van der Waals surface area contributed by atoms with E-state index in [0.717, 1.165) is 24.2 Å². The second kappa shape index (κ2) is 7.61. The van der Waals surface area contributed by atoms with Gasteiger partial charge in [0.15, 0.2) is 0 Å². The number of hydrogen-bond donors (Lipinski definition) is 0. The second-order valence-electron chi connectivity index (χ2n) is 6.57. The lowest BCUT2D eigenvalue weighted by Crippen LogP contribution is -2.31. The number of nitrogens with zero attached hydrogens (tertiary/aromatic N) is 4. The number of likely N-dealkylation sites (tertiary alicyclic amines) is 1. The van der Waals surface area contributed by atoms with E-state index in [1.165, 1.54) is 18.5 Å². The molecule has 0 spiro atoms. The number of pyridine rings is 1. The van der Waals surface area contributed by atoms with Gasteiger partial charge in [0.05, 0.1) is 17.9 Å². The topological polar surface area (TPSA) is 59.0 Å². The van der Waals surface area contributed by atoms with Gasteiger partial charge < -0.3 is 4.90 Å². The summed E-state index contributed by atoms with van der Waals surface area (Å²) in [5.74, 6) is -0.364. The van der Waals surface area contributed by atoms with Crippen LogP contribution in [0.15, 0.2) is 61.1 Å². The molecule has 0 radical (unpaired) electrons. The monoisotopic (exact) mass is 362 g/mol. The van der Waals surface area contributed by atoms with Crippen LogP contribution in [0.25, 0.3) is 0 Å². The number of aromatic nitrogens is 3. The third-order valence-electron chi connectivity index (χ3n) is 4.80. The van der Waals surface area contributed by atoms with Gasteiger partial charge in [0.2, 0.25) is 0 Å². The first-order chi connectivity index (χ1) is 13.2. The van der Waals surface area contributed by atoms with Gasteiger partial charge in [0.1, 0.15) is 11.5 Å². The van der Waals surface area contributed by atoms with Gasteiger partial charge >= 0.3 is 0 Å². The summed E-state index contributed by atoms with van der Waals surface area (Å²) < 4.78 is 13.9. The van der Waals surface area contributed by atoms with Gasteiger partial charge in [-0.25, -0.2) is 9.37 Å². The maximum atomic E-state index is 13.9. The van der Waals surface area contributed by atoms with Crippen molar-refractivity contribution in [3.05, 3.63) is 89.5 Å². The Balaban J connectivity index is 1.57. The molecule has 3 heterocycles. The van der Waals surface area contributed by atoms with E-state index in [2.05, 4.69) is 9.97 Å². The third kappa shape index (κ3) is 3.69. The number of carbonyl (C=O) groups excluding carboxylic acids is 1. The molecule has 3 aromatic rings. The number of rotatable bonds is 4. The molecule has 0 aliphatic carbocycles. The fourth-order valence-electron chi connectivity index (χ4n) is 3.49. The predicted molar refractivity (Wildman–Crippen MR) is 98.5 cm³/mol. The Morgan fingerprint density at radius 3 is 2.85 bits per heavy atom. The zero-order chi connectivity index (χ0) is 18.6. The SMILES string of the molecule is O=C(c1cnccn1)N1CCCC1c1cccc(Cc2ccccc2F)n1. The van der Waals surface area contributed by atoms with Crippen LogP contribution in [0.5, 0.6) is 0 Å². The maximum absolute atomic E-state index is 13.9. The molecule has 1 atom stereocenters. The van der Waals surface area contributed by atoms with Crippen molar-refractivity contribution in [1.82, 2.24) is 19.9 Å². The molecular formula is C21H19FN4O. The van der Waals surface area contributed by atoms with Gasteiger partial charge in [0.25, 0.3) is 5.91 Å². The van der Waals surface area contributed by atoms with Crippen LogP contribution in [0.1, 0.15) is 46.3 Å². The van der Waals surface area contributed by atoms with Crippen molar-refractivity contribution in [1.29, 1.82) is 0 Å². The first kappa shape index (κ1) is 17.3. The molecule has 4 rings (SSSR count). The Labute approximate surface area is 156 Å². The number of hydrogen-bond acceptors (Lipinski definition) is 4. The highest BCUT2D eigenvalue weighted by Crippen LogP contribution is 2.32. The Bertz CT molecular complexity index is 948. The van der Waals surface area contributed by atoms with Crippen LogP contribution in [0.2, 0.25) is 0 Å². The smallest absolute Gasteiger partial charge is 0.274 e. The van der Waals surface area contributed by atoms with E-state index in [1.54, 1.807) is 23.2 Å². The van der Waals surface area contributed by atoms with Gasteiger partial charge in [-0.1, -0.05) is 24.3 Å². The molecule has 1 amide bonds. The normalized spacial score (nSPS) is 16.5. The van der Waals surface area contributed by atoms with Crippen LogP contribution in [-0.2, 0) is 6.42 Å². The standard InChI is InChI=1S/C21H19FN4O/c22-17-7-2-1-5-15(17)13-16-6-3-8-18(25-16)20-9-4-12-26(20)21(27)19-14-23-10-11-24-19/h1-3,5-8,10-11,14,20H,4,9,12-13H2. The van der Waals surface area contributed by atoms with Crippen LogP contribution in [0.4, 0.5) is 4.39 Å². The average Bonchev–Trinajstić information content (AvgIpc) is 3.20. The summed E-state index contributed by atoms with van der Waals surface area (Å²) in [4.78, 5) is 27.4. The molecule has 1 aliphatic rings. The summed E-state index contributed by atoms with van der Waals surface area (Å²) in [5.41, 5.74) is 2.57. The van der Waals surface area contributed by atoms with Crippen LogP contribution < -0.4 is 0 Å². The van der Waals surface area contributed by atoms with E-state index in [4.69, 9.17) is 4.98 Å². The van der Waals surface area contributed by atoms with Crippen molar-refractivity contribution in [3.63, 3.8) is 0 Å². The highest BCUT2D eigenvalue weighted by molar-refractivity contribution is 5.92. The summed E-state index contributed by atoms with van der Waals surface area (Å²) >= 11 is 0. The molecule has 1 unspecified atom stereocenters. The summed E-state index contributed by atoms with van der Waals surface area (Å²) in [6.45, 7) is 0.666. The van der Waals surface area contributed by atoms with Crippen molar-refractivity contribution in [3.8, 4) is 0 Å². The van der Waals surface area contributed by atoms with Crippen LogP contribution in [-0.4, -0.2) is 32.3 Å². The molecule has 0 bridgehead atoms. The second-order valence-corrected chi connectivity index (χ2v) is 6.57. The van der Waals surface area contributed by atoms with Crippen LogP contribution in [0.3, 0.4) is 0 Å². The minimum atomic E-state index is -0.231. The first-order valence-electron chi connectivity index (χ1n) is 8.98. The van der Waals surface area contributed by atoms with E-state index in [9.17, 15) is 9.18 Å². The van der Waals surface area contributed by atoms with E-state index in [0.29, 0.717) is 24.2 Å². The van der Waals surface area contributed by atoms with Gasteiger partial charge in [-0.3, -0.25) is 14.8 Å². The Kier molecular flexibility index (Phi) is 4.87. The molecule has 0 N–H and O–H groups in total. The molecule has 1 saturated heterocycles. The highest BCUT2D eigenvalue weighted by atomic mass is 19.1. The van der Waals surface area contributed by atoms with E-state index < -0.39 is 0 Å². The summed E-state index contributed by atoms with van der Waals surface area (Å²) in [6.07, 6.45) is 6.74. The number of benzene rings is 1. The third-order valence-corrected chi connectivity index (χ3v) is 4.80.